The molecule has 1 aromatic heterocycles. The summed E-state index contributed by atoms with van der Waals surface area (Å²) in [6.07, 6.45) is 4.06. The Bertz CT molecular complexity index is 573. The van der Waals surface area contributed by atoms with E-state index in [2.05, 4.69) is 24.9 Å². The van der Waals surface area contributed by atoms with Gasteiger partial charge in [-0.3, -0.25) is 0 Å². The molecule has 1 nitrogen and oxygen atoms in total. The second-order valence-corrected chi connectivity index (χ2v) is 6.35. The highest BCUT2D eigenvalue weighted by Crippen LogP contribution is 2.40. The summed E-state index contributed by atoms with van der Waals surface area (Å²) >= 11 is 8.17. The molecule has 0 saturated carbocycles. The van der Waals surface area contributed by atoms with Gasteiger partial charge in [0.1, 0.15) is 0 Å². The molecule has 0 aliphatic heterocycles. The standard InChI is InChI=1S/C16H20ClNS/c1-4-5-9-14-15(11(2)10-18-3)12-7-6-8-13(17)16(12)19-14/h4,6-8,11,18H,1,5,9-10H2,2-3H3. The first kappa shape index (κ1) is 14.6. The number of hydrogen-bond donors (Lipinski definition) is 1. The number of halogens is 1. The highest BCUT2D eigenvalue weighted by atomic mass is 35.5. The van der Waals surface area contributed by atoms with Gasteiger partial charge in [-0.1, -0.05) is 36.7 Å². The molecule has 1 unspecified atom stereocenters. The first-order valence-corrected chi connectivity index (χ1v) is 7.83. The Kier molecular flexibility index (Phi) is 5.03. The number of nitrogens with one attached hydrogen (secondary N) is 1. The minimum Gasteiger partial charge on any atom is -0.319 e. The predicted octanol–water partition coefficient (Wildman–Crippen LogP) is 5.00. The van der Waals surface area contributed by atoms with Gasteiger partial charge in [-0.2, -0.15) is 0 Å². The summed E-state index contributed by atoms with van der Waals surface area (Å²) in [6, 6.07) is 6.21. The molecule has 0 saturated heterocycles. The van der Waals surface area contributed by atoms with Crippen LogP contribution in [0.15, 0.2) is 30.9 Å². The Morgan fingerprint density at radius 2 is 2.26 bits per heavy atom. The molecule has 1 N–H and O–H groups in total. The van der Waals surface area contributed by atoms with Crippen molar-refractivity contribution in [2.24, 2.45) is 0 Å². The third-order valence-electron chi connectivity index (χ3n) is 3.36. The van der Waals surface area contributed by atoms with Gasteiger partial charge >= 0.3 is 0 Å². The number of thiophene rings is 1. The maximum atomic E-state index is 6.33. The van der Waals surface area contributed by atoms with Crippen molar-refractivity contribution in [2.45, 2.75) is 25.7 Å². The van der Waals surface area contributed by atoms with Crippen LogP contribution in [0.2, 0.25) is 5.02 Å². The first-order chi connectivity index (χ1) is 9.19. The summed E-state index contributed by atoms with van der Waals surface area (Å²) in [6.45, 7) is 7.08. The lowest BCUT2D eigenvalue weighted by Crippen LogP contribution is -2.15. The van der Waals surface area contributed by atoms with Crippen molar-refractivity contribution in [3.63, 3.8) is 0 Å². The maximum absolute atomic E-state index is 6.33. The molecule has 2 rings (SSSR count). The number of likely N-dealkylation sites (N-methyl/N-ethyl adjacent to an activating group) is 1. The number of allylic oxidation sites excluding steroid dienone is 1. The molecule has 0 amide bonds. The fourth-order valence-corrected chi connectivity index (χ4v) is 4.15. The van der Waals surface area contributed by atoms with Gasteiger partial charge in [-0.25, -0.2) is 0 Å². The van der Waals surface area contributed by atoms with Crippen molar-refractivity contribution < 1.29 is 0 Å². The topological polar surface area (TPSA) is 12.0 Å². The van der Waals surface area contributed by atoms with Gasteiger partial charge in [0, 0.05) is 11.4 Å². The number of rotatable bonds is 6. The highest BCUT2D eigenvalue weighted by Gasteiger charge is 2.18. The molecule has 2 aromatic rings. The Morgan fingerprint density at radius 3 is 2.95 bits per heavy atom. The number of aryl methyl sites for hydroxylation is 1. The first-order valence-electron chi connectivity index (χ1n) is 6.64. The number of hydrogen-bond acceptors (Lipinski definition) is 2. The number of benzene rings is 1. The zero-order valence-corrected chi connectivity index (χ0v) is 13.1. The van der Waals surface area contributed by atoms with Crippen LogP contribution < -0.4 is 5.32 Å². The lowest BCUT2D eigenvalue weighted by Gasteiger charge is -2.13. The number of fused-ring (bicyclic) bond motifs is 1. The summed E-state index contributed by atoms with van der Waals surface area (Å²) in [5.41, 5.74) is 1.46. The Balaban J connectivity index is 2.54. The Hall–Kier alpha value is -0.830. The molecule has 1 aromatic carbocycles. The van der Waals surface area contributed by atoms with E-state index in [0.717, 1.165) is 24.4 Å². The zero-order valence-electron chi connectivity index (χ0n) is 11.5. The molecule has 0 radical (unpaired) electrons. The molecule has 0 bridgehead atoms. The van der Waals surface area contributed by atoms with Crippen molar-refractivity contribution in [1.29, 1.82) is 0 Å². The largest absolute Gasteiger partial charge is 0.319 e. The molecule has 1 heterocycles. The van der Waals surface area contributed by atoms with E-state index in [1.54, 1.807) is 0 Å². The Labute approximate surface area is 124 Å². The highest BCUT2D eigenvalue weighted by molar-refractivity contribution is 7.20. The maximum Gasteiger partial charge on any atom is 0.0584 e. The molecule has 0 fully saturated rings. The summed E-state index contributed by atoms with van der Waals surface area (Å²) in [5.74, 6) is 0.497. The summed E-state index contributed by atoms with van der Waals surface area (Å²) in [4.78, 5) is 1.45. The van der Waals surface area contributed by atoms with Crippen molar-refractivity contribution in [3.8, 4) is 0 Å². The molecule has 19 heavy (non-hydrogen) atoms. The van der Waals surface area contributed by atoms with E-state index in [-0.39, 0.29) is 0 Å². The van der Waals surface area contributed by atoms with E-state index >= 15 is 0 Å². The van der Waals surface area contributed by atoms with E-state index in [0.29, 0.717) is 5.92 Å². The van der Waals surface area contributed by atoms with E-state index < -0.39 is 0 Å². The monoisotopic (exact) mass is 293 g/mol. The average Bonchev–Trinajstić information content (AvgIpc) is 2.76. The quantitative estimate of drug-likeness (QED) is 0.739. The van der Waals surface area contributed by atoms with Crippen LogP contribution in [0.5, 0.6) is 0 Å². The van der Waals surface area contributed by atoms with Gasteiger partial charge in [0.25, 0.3) is 0 Å². The van der Waals surface area contributed by atoms with Gasteiger partial charge in [-0.15, -0.1) is 17.9 Å². The summed E-state index contributed by atoms with van der Waals surface area (Å²) in [7, 11) is 2.00. The van der Waals surface area contributed by atoms with E-state index in [1.807, 2.05) is 36.6 Å². The van der Waals surface area contributed by atoms with Gasteiger partial charge in [0.2, 0.25) is 0 Å². The predicted molar refractivity (Wildman–Crippen MR) is 87.7 cm³/mol. The molecule has 102 valence electrons. The summed E-state index contributed by atoms with van der Waals surface area (Å²) in [5, 5.41) is 5.45. The van der Waals surface area contributed by atoms with Crippen molar-refractivity contribution in [1.82, 2.24) is 5.32 Å². The smallest absolute Gasteiger partial charge is 0.0584 e. The molecular weight excluding hydrogens is 274 g/mol. The van der Waals surface area contributed by atoms with Crippen molar-refractivity contribution in [3.05, 3.63) is 46.3 Å². The van der Waals surface area contributed by atoms with Gasteiger partial charge in [-0.05, 0) is 42.8 Å². The lowest BCUT2D eigenvalue weighted by atomic mass is 9.96. The fraction of sp³-hybridized carbons (Fsp3) is 0.375. The van der Waals surface area contributed by atoms with E-state index in [4.69, 9.17) is 11.6 Å². The van der Waals surface area contributed by atoms with E-state index in [1.165, 1.54) is 20.5 Å². The van der Waals surface area contributed by atoms with Crippen LogP contribution in [0.25, 0.3) is 10.1 Å². The minimum atomic E-state index is 0.497. The van der Waals surface area contributed by atoms with Crippen molar-refractivity contribution in [2.75, 3.05) is 13.6 Å². The van der Waals surface area contributed by atoms with Gasteiger partial charge < -0.3 is 5.32 Å². The van der Waals surface area contributed by atoms with Crippen LogP contribution in [-0.2, 0) is 6.42 Å². The molecule has 1 atom stereocenters. The normalized spacial score (nSPS) is 12.8. The second-order valence-electron chi connectivity index (χ2n) is 4.84. The van der Waals surface area contributed by atoms with Crippen LogP contribution in [0.1, 0.15) is 29.7 Å². The second kappa shape index (κ2) is 6.56. The Morgan fingerprint density at radius 1 is 1.47 bits per heavy atom. The zero-order chi connectivity index (χ0) is 13.8. The third-order valence-corrected chi connectivity index (χ3v) is 5.10. The van der Waals surface area contributed by atoms with Crippen molar-refractivity contribution >= 4 is 33.0 Å². The molecule has 0 spiro atoms. The third kappa shape index (κ3) is 3.02. The lowest BCUT2D eigenvalue weighted by molar-refractivity contribution is 0.677. The van der Waals surface area contributed by atoms with Gasteiger partial charge in [0.15, 0.2) is 0 Å². The van der Waals surface area contributed by atoms with Crippen LogP contribution in [-0.4, -0.2) is 13.6 Å². The molecule has 0 aliphatic carbocycles. The van der Waals surface area contributed by atoms with Crippen LogP contribution >= 0.6 is 22.9 Å². The van der Waals surface area contributed by atoms with E-state index in [9.17, 15) is 0 Å². The fourth-order valence-electron chi connectivity index (χ4n) is 2.52. The van der Waals surface area contributed by atoms with Crippen LogP contribution in [0.4, 0.5) is 0 Å². The average molecular weight is 294 g/mol. The minimum absolute atomic E-state index is 0.497. The summed E-state index contributed by atoms with van der Waals surface area (Å²) < 4.78 is 1.22. The molecule has 0 aliphatic rings. The molecule has 3 heteroatoms. The van der Waals surface area contributed by atoms with Crippen LogP contribution in [0.3, 0.4) is 0 Å². The molecular formula is C16H20ClNS. The van der Waals surface area contributed by atoms with Crippen LogP contribution in [0, 0.1) is 0 Å². The SMILES string of the molecule is C=CCCc1sc2c(Cl)cccc2c1C(C)CNC. The van der Waals surface area contributed by atoms with Gasteiger partial charge in [0.05, 0.1) is 9.72 Å².